The van der Waals surface area contributed by atoms with Gasteiger partial charge in [0.25, 0.3) is 0 Å². The van der Waals surface area contributed by atoms with Gasteiger partial charge in [-0.1, -0.05) is 43.7 Å². The Morgan fingerprint density at radius 3 is 2.50 bits per heavy atom. The third kappa shape index (κ3) is 2.42. The molecule has 0 spiro atoms. The quantitative estimate of drug-likeness (QED) is 0.797. The molecule has 0 radical (unpaired) electrons. The Labute approximate surface area is 84.6 Å². The molecule has 0 aliphatic carbocycles. The molecule has 1 atom stereocenters. The predicted octanol–water partition coefficient (Wildman–Crippen LogP) is 2.25. The van der Waals surface area contributed by atoms with E-state index >= 15 is 0 Å². The standard InChI is InChI=1S/C12H16O2/c1-8(2)11(13)12(14)10-6-4-5-9(3)7-10/h4-8,12,14H,1-3H3/t12-/m1/s1. The van der Waals surface area contributed by atoms with Crippen LogP contribution in [0.5, 0.6) is 0 Å². The van der Waals surface area contributed by atoms with Crippen LogP contribution in [0.3, 0.4) is 0 Å². The summed E-state index contributed by atoms with van der Waals surface area (Å²) >= 11 is 0. The van der Waals surface area contributed by atoms with Gasteiger partial charge in [-0.2, -0.15) is 0 Å². The van der Waals surface area contributed by atoms with Crippen LogP contribution in [-0.4, -0.2) is 10.9 Å². The van der Waals surface area contributed by atoms with Gasteiger partial charge < -0.3 is 5.11 Å². The Hall–Kier alpha value is -1.15. The number of hydrogen-bond donors (Lipinski definition) is 1. The lowest BCUT2D eigenvalue weighted by Crippen LogP contribution is -2.17. The highest BCUT2D eigenvalue weighted by Crippen LogP contribution is 2.18. The van der Waals surface area contributed by atoms with Gasteiger partial charge >= 0.3 is 0 Å². The van der Waals surface area contributed by atoms with Gasteiger partial charge in [-0.25, -0.2) is 0 Å². The zero-order valence-electron chi connectivity index (χ0n) is 8.82. The van der Waals surface area contributed by atoms with Crippen molar-refractivity contribution in [2.75, 3.05) is 0 Å². The van der Waals surface area contributed by atoms with Gasteiger partial charge in [-0.05, 0) is 12.5 Å². The topological polar surface area (TPSA) is 37.3 Å². The Bertz CT molecular complexity index is 329. The minimum absolute atomic E-state index is 0.129. The molecule has 0 aliphatic heterocycles. The van der Waals surface area contributed by atoms with E-state index in [0.29, 0.717) is 5.56 Å². The third-order valence-electron chi connectivity index (χ3n) is 2.20. The van der Waals surface area contributed by atoms with Crippen LogP contribution in [0, 0.1) is 12.8 Å². The van der Waals surface area contributed by atoms with E-state index in [4.69, 9.17) is 0 Å². The van der Waals surface area contributed by atoms with Gasteiger partial charge in [0, 0.05) is 5.92 Å². The fraction of sp³-hybridized carbons (Fsp3) is 0.417. The van der Waals surface area contributed by atoms with Crippen molar-refractivity contribution in [1.29, 1.82) is 0 Å². The molecular weight excluding hydrogens is 176 g/mol. The zero-order valence-corrected chi connectivity index (χ0v) is 8.82. The van der Waals surface area contributed by atoms with E-state index in [1.807, 2.05) is 25.1 Å². The molecule has 0 saturated heterocycles. The highest BCUT2D eigenvalue weighted by atomic mass is 16.3. The normalized spacial score (nSPS) is 12.9. The number of aliphatic hydroxyl groups excluding tert-OH is 1. The van der Waals surface area contributed by atoms with Crippen LogP contribution in [0.1, 0.15) is 31.1 Å². The minimum Gasteiger partial charge on any atom is -0.381 e. The molecule has 0 bridgehead atoms. The monoisotopic (exact) mass is 192 g/mol. The lowest BCUT2D eigenvalue weighted by Gasteiger charge is -2.12. The fourth-order valence-electron chi connectivity index (χ4n) is 1.32. The summed E-state index contributed by atoms with van der Waals surface area (Å²) in [6.07, 6.45) is -0.977. The van der Waals surface area contributed by atoms with Crippen LogP contribution in [-0.2, 0) is 4.79 Å². The lowest BCUT2D eigenvalue weighted by molar-refractivity contribution is -0.130. The minimum atomic E-state index is -0.977. The lowest BCUT2D eigenvalue weighted by atomic mass is 9.97. The Morgan fingerprint density at radius 1 is 1.36 bits per heavy atom. The number of aryl methyl sites for hydroxylation is 1. The van der Waals surface area contributed by atoms with Crippen molar-refractivity contribution < 1.29 is 9.90 Å². The first-order chi connectivity index (χ1) is 6.52. The molecule has 0 amide bonds. The third-order valence-corrected chi connectivity index (χ3v) is 2.20. The van der Waals surface area contributed by atoms with Crippen LogP contribution in [0.2, 0.25) is 0 Å². The summed E-state index contributed by atoms with van der Waals surface area (Å²) < 4.78 is 0. The van der Waals surface area contributed by atoms with E-state index < -0.39 is 6.10 Å². The van der Waals surface area contributed by atoms with Crippen molar-refractivity contribution in [1.82, 2.24) is 0 Å². The van der Waals surface area contributed by atoms with Crippen LogP contribution < -0.4 is 0 Å². The Kier molecular flexibility index (Phi) is 3.42. The number of Topliss-reactive ketones (excluding diaryl/α,β-unsaturated/α-hetero) is 1. The van der Waals surface area contributed by atoms with Crippen LogP contribution in [0.15, 0.2) is 24.3 Å². The summed E-state index contributed by atoms with van der Waals surface area (Å²) in [7, 11) is 0. The first-order valence-electron chi connectivity index (χ1n) is 4.80. The largest absolute Gasteiger partial charge is 0.381 e. The van der Waals surface area contributed by atoms with Crippen molar-refractivity contribution in [3.63, 3.8) is 0 Å². The smallest absolute Gasteiger partial charge is 0.168 e. The number of benzene rings is 1. The van der Waals surface area contributed by atoms with Gasteiger partial charge in [0.1, 0.15) is 6.10 Å². The maximum Gasteiger partial charge on any atom is 0.168 e. The second kappa shape index (κ2) is 4.38. The van der Waals surface area contributed by atoms with E-state index in [2.05, 4.69) is 0 Å². The highest BCUT2D eigenvalue weighted by Gasteiger charge is 2.19. The summed E-state index contributed by atoms with van der Waals surface area (Å²) in [4.78, 5) is 11.5. The summed E-state index contributed by atoms with van der Waals surface area (Å²) in [5.41, 5.74) is 1.74. The van der Waals surface area contributed by atoms with E-state index in [1.165, 1.54) is 0 Å². The summed E-state index contributed by atoms with van der Waals surface area (Å²) in [6.45, 7) is 5.53. The molecule has 2 nitrogen and oxygen atoms in total. The maximum atomic E-state index is 11.5. The van der Waals surface area contributed by atoms with E-state index in [0.717, 1.165) is 5.56 Å². The molecule has 0 unspecified atom stereocenters. The number of carbonyl (C=O) groups excluding carboxylic acids is 1. The molecule has 1 aromatic carbocycles. The van der Waals surface area contributed by atoms with Gasteiger partial charge in [0.15, 0.2) is 5.78 Å². The predicted molar refractivity (Wildman–Crippen MR) is 56.0 cm³/mol. The van der Waals surface area contributed by atoms with E-state index in [1.54, 1.807) is 19.9 Å². The van der Waals surface area contributed by atoms with Gasteiger partial charge in [-0.3, -0.25) is 4.79 Å². The van der Waals surface area contributed by atoms with Crippen LogP contribution in [0.25, 0.3) is 0 Å². The Balaban J connectivity index is 2.89. The SMILES string of the molecule is Cc1cccc([C@@H](O)C(=O)C(C)C)c1. The number of rotatable bonds is 3. The first kappa shape index (κ1) is 10.9. The summed E-state index contributed by atoms with van der Waals surface area (Å²) in [5.74, 6) is -0.263. The van der Waals surface area contributed by atoms with Crippen molar-refractivity contribution in [2.45, 2.75) is 26.9 Å². The molecule has 76 valence electrons. The first-order valence-corrected chi connectivity index (χ1v) is 4.80. The number of aliphatic hydroxyl groups is 1. The molecule has 1 aromatic rings. The molecule has 0 fully saturated rings. The van der Waals surface area contributed by atoms with Crippen molar-refractivity contribution in [3.05, 3.63) is 35.4 Å². The van der Waals surface area contributed by atoms with Gasteiger partial charge in [0.2, 0.25) is 0 Å². The number of hydrogen-bond acceptors (Lipinski definition) is 2. The van der Waals surface area contributed by atoms with E-state index in [9.17, 15) is 9.90 Å². The summed E-state index contributed by atoms with van der Waals surface area (Å²) in [6, 6.07) is 7.40. The van der Waals surface area contributed by atoms with Crippen LogP contribution >= 0.6 is 0 Å². The highest BCUT2D eigenvalue weighted by molar-refractivity contribution is 5.85. The molecule has 0 saturated carbocycles. The molecule has 1 rings (SSSR count). The van der Waals surface area contributed by atoms with E-state index in [-0.39, 0.29) is 11.7 Å². The zero-order chi connectivity index (χ0) is 10.7. The molecule has 14 heavy (non-hydrogen) atoms. The second-order valence-electron chi connectivity index (χ2n) is 3.87. The van der Waals surface area contributed by atoms with Crippen molar-refractivity contribution >= 4 is 5.78 Å². The molecule has 0 aromatic heterocycles. The van der Waals surface area contributed by atoms with Crippen LogP contribution in [0.4, 0.5) is 0 Å². The molecule has 0 aliphatic rings. The maximum absolute atomic E-state index is 11.5. The number of ketones is 1. The summed E-state index contributed by atoms with van der Waals surface area (Å²) in [5, 5.41) is 9.73. The second-order valence-corrected chi connectivity index (χ2v) is 3.87. The molecular formula is C12H16O2. The van der Waals surface area contributed by atoms with Gasteiger partial charge in [0.05, 0.1) is 0 Å². The van der Waals surface area contributed by atoms with Gasteiger partial charge in [-0.15, -0.1) is 0 Å². The van der Waals surface area contributed by atoms with Crippen molar-refractivity contribution in [2.24, 2.45) is 5.92 Å². The average Bonchev–Trinajstić information content (AvgIpc) is 2.15. The molecule has 2 heteroatoms. The Morgan fingerprint density at radius 2 is 2.00 bits per heavy atom. The average molecular weight is 192 g/mol. The molecule has 1 N–H and O–H groups in total. The molecule has 0 heterocycles. The fourth-order valence-corrected chi connectivity index (χ4v) is 1.32. The van der Waals surface area contributed by atoms with Crippen molar-refractivity contribution in [3.8, 4) is 0 Å². The number of carbonyl (C=O) groups is 1.